The standard InChI is InChI=1S/C18H20N4.C3H8.CH3.Ni/c1-21-13-14-22(2)18(20-16-11-7-4-8-12-16)17(21)19-15-9-5-3-6-10-15;1-3-2;;/h3-12H,13-14H2,1-2H3;3H2,1-2H3;1H3;/q;;-1;. The molecule has 1 aliphatic rings. The van der Waals surface area contributed by atoms with Crippen molar-refractivity contribution in [2.45, 2.75) is 20.3 Å². The van der Waals surface area contributed by atoms with Gasteiger partial charge in [0.1, 0.15) is 0 Å². The van der Waals surface area contributed by atoms with Crippen molar-refractivity contribution in [2.24, 2.45) is 9.98 Å². The Morgan fingerprint density at radius 2 is 1.00 bits per heavy atom. The van der Waals surface area contributed by atoms with Gasteiger partial charge in [0, 0.05) is 43.7 Å². The molecule has 0 radical (unpaired) electrons. The summed E-state index contributed by atoms with van der Waals surface area (Å²) in [5.74, 6) is 1.81. The summed E-state index contributed by atoms with van der Waals surface area (Å²) in [6, 6.07) is 20.0. The minimum atomic E-state index is 0. The van der Waals surface area contributed by atoms with Crippen molar-refractivity contribution in [3.63, 3.8) is 0 Å². The van der Waals surface area contributed by atoms with Crippen molar-refractivity contribution >= 4 is 23.0 Å². The predicted molar refractivity (Wildman–Crippen MR) is 115 cm³/mol. The first kappa shape index (κ1) is 24.9. The van der Waals surface area contributed by atoms with E-state index in [4.69, 9.17) is 9.98 Å². The largest absolute Gasteiger partial charge is 0.358 e. The van der Waals surface area contributed by atoms with E-state index in [1.54, 1.807) is 0 Å². The van der Waals surface area contributed by atoms with E-state index >= 15 is 0 Å². The van der Waals surface area contributed by atoms with Crippen LogP contribution in [0.3, 0.4) is 0 Å². The molecule has 27 heavy (non-hydrogen) atoms. The van der Waals surface area contributed by atoms with Crippen LogP contribution >= 0.6 is 0 Å². The SMILES string of the molecule is CCC.CN1CCN(C)C(=Nc2ccccc2)C1=Nc1ccccc1.[CH3-].[Ni]. The number of hydrogen-bond donors (Lipinski definition) is 0. The Bertz CT molecular complexity index is 637. The first-order valence-electron chi connectivity index (χ1n) is 8.85. The summed E-state index contributed by atoms with van der Waals surface area (Å²) in [7, 11) is 4.13. The van der Waals surface area contributed by atoms with Crippen molar-refractivity contribution in [3.8, 4) is 0 Å². The van der Waals surface area contributed by atoms with Crippen molar-refractivity contribution in [3.05, 3.63) is 68.1 Å². The molecule has 5 heteroatoms. The summed E-state index contributed by atoms with van der Waals surface area (Å²) in [5, 5.41) is 0. The fourth-order valence-electron chi connectivity index (χ4n) is 2.37. The molecule has 2 aromatic rings. The third-order valence-electron chi connectivity index (χ3n) is 3.68. The molecule has 4 nitrogen and oxygen atoms in total. The molecule has 1 saturated heterocycles. The Labute approximate surface area is 175 Å². The topological polar surface area (TPSA) is 31.2 Å². The number of aliphatic imine (C=N–C) groups is 2. The van der Waals surface area contributed by atoms with Gasteiger partial charge in [-0.2, -0.15) is 0 Å². The van der Waals surface area contributed by atoms with Crippen LogP contribution in [0.25, 0.3) is 0 Å². The Balaban J connectivity index is 0.00000127. The molecule has 150 valence electrons. The molecule has 0 atom stereocenters. The fourth-order valence-corrected chi connectivity index (χ4v) is 2.37. The van der Waals surface area contributed by atoms with Gasteiger partial charge in [-0.15, -0.1) is 0 Å². The van der Waals surface area contributed by atoms with Gasteiger partial charge in [-0.1, -0.05) is 56.7 Å². The monoisotopic (exact) mass is 409 g/mol. The molecule has 1 fully saturated rings. The van der Waals surface area contributed by atoms with Crippen LogP contribution in [-0.4, -0.2) is 48.7 Å². The van der Waals surface area contributed by atoms with Gasteiger partial charge in [0.25, 0.3) is 0 Å². The van der Waals surface area contributed by atoms with Crippen LogP contribution in [0, 0.1) is 7.43 Å². The minimum Gasteiger partial charge on any atom is -0.358 e. The maximum absolute atomic E-state index is 4.80. The van der Waals surface area contributed by atoms with E-state index in [0.717, 1.165) is 36.1 Å². The fraction of sp³-hybridized carbons (Fsp3) is 0.318. The molecule has 0 aliphatic carbocycles. The van der Waals surface area contributed by atoms with E-state index in [1.807, 2.05) is 60.7 Å². The average Bonchev–Trinajstić information content (AvgIpc) is 2.63. The van der Waals surface area contributed by atoms with E-state index in [0.29, 0.717) is 0 Å². The third kappa shape index (κ3) is 7.56. The molecule has 1 aliphatic heterocycles. The van der Waals surface area contributed by atoms with Crippen LogP contribution in [0.1, 0.15) is 20.3 Å². The zero-order chi connectivity index (χ0) is 18.1. The number of para-hydroxylation sites is 2. The van der Waals surface area contributed by atoms with E-state index in [-0.39, 0.29) is 23.9 Å². The predicted octanol–water partition coefficient (Wildman–Crippen LogP) is 5.19. The van der Waals surface area contributed by atoms with Gasteiger partial charge in [-0.25, -0.2) is 9.98 Å². The van der Waals surface area contributed by atoms with E-state index in [1.165, 1.54) is 6.42 Å². The smallest absolute Gasteiger partial charge is 0.172 e. The molecule has 0 unspecified atom stereocenters. The van der Waals surface area contributed by atoms with Crippen LogP contribution < -0.4 is 0 Å². The number of benzene rings is 2. The van der Waals surface area contributed by atoms with Gasteiger partial charge in [0.2, 0.25) is 0 Å². The molecule has 0 N–H and O–H groups in total. The second kappa shape index (κ2) is 13.1. The summed E-state index contributed by atoms with van der Waals surface area (Å²) in [4.78, 5) is 13.9. The van der Waals surface area contributed by atoms with Gasteiger partial charge in [0.15, 0.2) is 11.7 Å². The maximum Gasteiger partial charge on any atom is 0.172 e. The Hall–Kier alpha value is -2.13. The number of hydrogen-bond acceptors (Lipinski definition) is 2. The molecule has 2 aromatic carbocycles. The molecule has 3 rings (SSSR count). The average molecular weight is 410 g/mol. The molecular formula is C22H31N4Ni-. The third-order valence-corrected chi connectivity index (χ3v) is 3.68. The van der Waals surface area contributed by atoms with Gasteiger partial charge in [-0.3, -0.25) is 0 Å². The summed E-state index contributed by atoms with van der Waals surface area (Å²) in [6.45, 7) is 6.13. The number of amidine groups is 2. The Morgan fingerprint density at radius 3 is 1.30 bits per heavy atom. The summed E-state index contributed by atoms with van der Waals surface area (Å²) in [6.07, 6.45) is 1.25. The normalized spacial score (nSPS) is 16.1. The quantitative estimate of drug-likeness (QED) is 0.504. The number of rotatable bonds is 2. The summed E-state index contributed by atoms with van der Waals surface area (Å²) >= 11 is 0. The zero-order valence-electron chi connectivity index (χ0n) is 17.0. The number of likely N-dealkylation sites (N-methyl/N-ethyl adjacent to an activating group) is 2. The maximum atomic E-state index is 4.80. The minimum absolute atomic E-state index is 0. The van der Waals surface area contributed by atoms with E-state index < -0.39 is 0 Å². The number of nitrogens with zero attached hydrogens (tertiary/aromatic N) is 4. The van der Waals surface area contributed by atoms with Gasteiger partial charge in [0.05, 0.1) is 11.4 Å². The second-order valence-electron chi connectivity index (χ2n) is 6.09. The molecule has 0 saturated carbocycles. The first-order valence-corrected chi connectivity index (χ1v) is 8.85. The molecule has 0 spiro atoms. The van der Waals surface area contributed by atoms with E-state index in [2.05, 4.69) is 37.7 Å². The molecule has 0 bridgehead atoms. The molecule has 0 aromatic heterocycles. The van der Waals surface area contributed by atoms with Crippen molar-refractivity contribution in [2.75, 3.05) is 27.2 Å². The summed E-state index contributed by atoms with van der Waals surface area (Å²) in [5.41, 5.74) is 1.89. The van der Waals surface area contributed by atoms with Gasteiger partial charge < -0.3 is 17.2 Å². The molecular weight excluding hydrogens is 379 g/mol. The van der Waals surface area contributed by atoms with Crippen molar-refractivity contribution < 1.29 is 16.5 Å². The van der Waals surface area contributed by atoms with Crippen LogP contribution in [0.4, 0.5) is 11.4 Å². The van der Waals surface area contributed by atoms with Crippen LogP contribution in [-0.2, 0) is 16.5 Å². The molecule has 0 amide bonds. The first-order chi connectivity index (χ1) is 12.2. The second-order valence-corrected chi connectivity index (χ2v) is 6.09. The summed E-state index contributed by atoms with van der Waals surface area (Å²) < 4.78 is 0. The number of piperazine rings is 1. The zero-order valence-corrected chi connectivity index (χ0v) is 18.0. The van der Waals surface area contributed by atoms with Crippen LogP contribution in [0.2, 0.25) is 0 Å². The van der Waals surface area contributed by atoms with Gasteiger partial charge in [-0.05, 0) is 24.3 Å². The van der Waals surface area contributed by atoms with Crippen molar-refractivity contribution in [1.29, 1.82) is 0 Å². The van der Waals surface area contributed by atoms with Crippen molar-refractivity contribution in [1.82, 2.24) is 9.80 Å². The van der Waals surface area contributed by atoms with Crippen LogP contribution in [0.15, 0.2) is 70.6 Å². The van der Waals surface area contributed by atoms with E-state index in [9.17, 15) is 0 Å². The Morgan fingerprint density at radius 1 is 0.704 bits per heavy atom. The van der Waals surface area contributed by atoms with Crippen LogP contribution in [0.5, 0.6) is 0 Å². The van der Waals surface area contributed by atoms with Gasteiger partial charge >= 0.3 is 0 Å². The molecule has 1 heterocycles. The Kier molecular flexibility index (Phi) is 12.1.